The van der Waals surface area contributed by atoms with Crippen molar-refractivity contribution in [3.8, 4) is 5.75 Å². The molecule has 1 N–H and O–H groups in total. The maximum Gasteiger partial charge on any atom is 0.342 e. The third-order valence-electron chi connectivity index (χ3n) is 3.43. The van der Waals surface area contributed by atoms with Crippen LogP contribution in [-0.2, 0) is 11.3 Å². The first-order valence-corrected chi connectivity index (χ1v) is 7.12. The van der Waals surface area contributed by atoms with Gasteiger partial charge in [0.15, 0.2) is 0 Å². The molecule has 0 saturated carbocycles. The van der Waals surface area contributed by atoms with E-state index in [1.54, 1.807) is 0 Å². The highest BCUT2D eigenvalue weighted by Crippen LogP contribution is 2.24. The first-order chi connectivity index (χ1) is 10.9. The van der Waals surface area contributed by atoms with E-state index in [1.807, 2.05) is 24.3 Å². The zero-order chi connectivity index (χ0) is 17.0. The average molecular weight is 315 g/mol. The van der Waals surface area contributed by atoms with Gasteiger partial charge in [-0.1, -0.05) is 38.1 Å². The Morgan fingerprint density at radius 1 is 1.22 bits per heavy atom. The second-order valence-corrected chi connectivity index (χ2v) is 5.43. The molecule has 0 aliphatic rings. The molecule has 2 aromatic carbocycles. The van der Waals surface area contributed by atoms with Gasteiger partial charge in [0.2, 0.25) is 0 Å². The molecular formula is C17H17NO5. The number of aromatic hydroxyl groups is 1. The molecule has 0 heterocycles. The number of hydrogen-bond acceptors (Lipinski definition) is 5. The van der Waals surface area contributed by atoms with Gasteiger partial charge >= 0.3 is 5.97 Å². The molecule has 0 amide bonds. The van der Waals surface area contributed by atoms with Crippen LogP contribution in [0.5, 0.6) is 5.75 Å². The molecule has 120 valence electrons. The first-order valence-electron chi connectivity index (χ1n) is 7.12. The van der Waals surface area contributed by atoms with Crippen molar-refractivity contribution in [2.45, 2.75) is 26.4 Å². The lowest BCUT2D eigenvalue weighted by Crippen LogP contribution is -2.06. The minimum Gasteiger partial charge on any atom is -0.507 e. The Balaban J connectivity index is 2.07. The molecule has 23 heavy (non-hydrogen) atoms. The van der Waals surface area contributed by atoms with Crippen LogP contribution in [0.2, 0.25) is 0 Å². The molecule has 0 unspecified atom stereocenters. The van der Waals surface area contributed by atoms with Crippen molar-refractivity contribution >= 4 is 11.7 Å². The van der Waals surface area contributed by atoms with Crippen LogP contribution in [0.25, 0.3) is 0 Å². The Morgan fingerprint density at radius 3 is 2.43 bits per heavy atom. The molecule has 0 aliphatic heterocycles. The number of esters is 1. The van der Waals surface area contributed by atoms with Crippen molar-refractivity contribution in [1.29, 1.82) is 0 Å². The molecule has 0 radical (unpaired) electrons. The molecule has 0 fully saturated rings. The highest BCUT2D eigenvalue weighted by molar-refractivity contribution is 5.93. The van der Waals surface area contributed by atoms with Gasteiger partial charge in [-0.25, -0.2) is 4.79 Å². The van der Waals surface area contributed by atoms with E-state index in [0.29, 0.717) is 5.92 Å². The van der Waals surface area contributed by atoms with Gasteiger partial charge in [-0.3, -0.25) is 10.1 Å². The summed E-state index contributed by atoms with van der Waals surface area (Å²) < 4.78 is 5.11. The monoisotopic (exact) mass is 315 g/mol. The van der Waals surface area contributed by atoms with Gasteiger partial charge in [0, 0.05) is 12.1 Å². The summed E-state index contributed by atoms with van der Waals surface area (Å²) in [6, 6.07) is 10.9. The molecule has 2 aromatic rings. The van der Waals surface area contributed by atoms with Gasteiger partial charge in [-0.2, -0.15) is 0 Å². The SMILES string of the molecule is CC(C)c1ccc(COC(=O)c2cc([N+](=O)[O-])ccc2O)cc1. The van der Waals surface area contributed by atoms with Crippen molar-refractivity contribution in [3.63, 3.8) is 0 Å². The predicted molar refractivity (Wildman–Crippen MR) is 84.4 cm³/mol. The lowest BCUT2D eigenvalue weighted by atomic mass is 10.0. The van der Waals surface area contributed by atoms with Gasteiger partial charge in [0.1, 0.15) is 17.9 Å². The maximum absolute atomic E-state index is 12.0. The number of ether oxygens (including phenoxy) is 1. The van der Waals surface area contributed by atoms with Gasteiger partial charge in [0.05, 0.1) is 4.92 Å². The Morgan fingerprint density at radius 2 is 1.87 bits per heavy atom. The summed E-state index contributed by atoms with van der Waals surface area (Å²) in [7, 11) is 0. The highest BCUT2D eigenvalue weighted by atomic mass is 16.6. The van der Waals surface area contributed by atoms with Crippen molar-refractivity contribution in [2.75, 3.05) is 0 Å². The zero-order valence-electron chi connectivity index (χ0n) is 12.9. The lowest BCUT2D eigenvalue weighted by Gasteiger charge is -2.08. The number of hydrogen-bond donors (Lipinski definition) is 1. The standard InChI is InChI=1S/C17H17NO5/c1-11(2)13-5-3-12(4-6-13)10-23-17(20)15-9-14(18(21)22)7-8-16(15)19/h3-9,11,19H,10H2,1-2H3. The van der Waals surface area contributed by atoms with Crippen LogP contribution in [-0.4, -0.2) is 16.0 Å². The number of nitrogens with zero attached hydrogens (tertiary/aromatic N) is 1. The van der Waals surface area contributed by atoms with Crippen molar-refractivity contribution in [2.24, 2.45) is 0 Å². The summed E-state index contributed by atoms with van der Waals surface area (Å²) in [5.74, 6) is -0.747. The van der Waals surface area contributed by atoms with Gasteiger partial charge in [-0.15, -0.1) is 0 Å². The minimum atomic E-state index is -0.806. The highest BCUT2D eigenvalue weighted by Gasteiger charge is 2.17. The molecule has 0 aromatic heterocycles. The van der Waals surface area contributed by atoms with E-state index < -0.39 is 10.9 Å². The van der Waals surface area contributed by atoms with E-state index in [1.165, 1.54) is 5.56 Å². The second-order valence-electron chi connectivity index (χ2n) is 5.43. The fourth-order valence-electron chi connectivity index (χ4n) is 2.03. The van der Waals surface area contributed by atoms with E-state index >= 15 is 0 Å². The second kappa shape index (κ2) is 6.91. The van der Waals surface area contributed by atoms with Crippen LogP contribution in [0.1, 0.15) is 41.3 Å². The van der Waals surface area contributed by atoms with Crippen LogP contribution in [0.15, 0.2) is 42.5 Å². The van der Waals surface area contributed by atoms with Gasteiger partial charge in [0.25, 0.3) is 5.69 Å². The van der Waals surface area contributed by atoms with E-state index in [9.17, 15) is 20.0 Å². The number of phenols is 1. The Kier molecular flexibility index (Phi) is 4.95. The lowest BCUT2D eigenvalue weighted by molar-refractivity contribution is -0.384. The van der Waals surface area contributed by atoms with Crippen LogP contribution in [0.3, 0.4) is 0 Å². The Hall–Kier alpha value is -2.89. The van der Waals surface area contributed by atoms with E-state index in [0.717, 1.165) is 23.8 Å². The third kappa shape index (κ3) is 4.06. The molecule has 6 nitrogen and oxygen atoms in total. The predicted octanol–water partition coefficient (Wildman–Crippen LogP) is 3.78. The topological polar surface area (TPSA) is 89.7 Å². The number of benzene rings is 2. The normalized spacial score (nSPS) is 10.6. The molecule has 2 rings (SSSR count). The summed E-state index contributed by atoms with van der Waals surface area (Å²) >= 11 is 0. The van der Waals surface area contributed by atoms with Crippen LogP contribution < -0.4 is 0 Å². The smallest absolute Gasteiger partial charge is 0.342 e. The van der Waals surface area contributed by atoms with Crippen LogP contribution in [0, 0.1) is 10.1 Å². The van der Waals surface area contributed by atoms with Gasteiger partial charge < -0.3 is 9.84 Å². The van der Waals surface area contributed by atoms with Crippen LogP contribution >= 0.6 is 0 Å². The number of nitro groups is 1. The Bertz CT molecular complexity index is 722. The largest absolute Gasteiger partial charge is 0.507 e. The number of phenolic OH excluding ortho intramolecular Hbond substituents is 1. The van der Waals surface area contributed by atoms with Gasteiger partial charge in [-0.05, 0) is 23.1 Å². The molecule has 0 bridgehead atoms. The van der Waals surface area contributed by atoms with Crippen molar-refractivity contribution in [1.82, 2.24) is 0 Å². The van der Waals surface area contributed by atoms with Crippen LogP contribution in [0.4, 0.5) is 5.69 Å². The van der Waals surface area contributed by atoms with Crippen molar-refractivity contribution in [3.05, 3.63) is 69.3 Å². The number of rotatable bonds is 5. The van der Waals surface area contributed by atoms with E-state index in [2.05, 4.69) is 13.8 Å². The van der Waals surface area contributed by atoms with E-state index in [-0.39, 0.29) is 23.6 Å². The fourth-order valence-corrected chi connectivity index (χ4v) is 2.03. The summed E-state index contributed by atoms with van der Waals surface area (Å²) in [5.41, 5.74) is 1.47. The average Bonchev–Trinajstić information content (AvgIpc) is 2.53. The first kappa shape index (κ1) is 16.5. The fraction of sp³-hybridized carbons (Fsp3) is 0.235. The maximum atomic E-state index is 12.0. The summed E-state index contributed by atoms with van der Waals surface area (Å²) in [6.07, 6.45) is 0. The quantitative estimate of drug-likeness (QED) is 0.515. The number of non-ortho nitro benzene ring substituents is 1. The molecule has 0 atom stereocenters. The Labute approximate surface area is 133 Å². The molecular weight excluding hydrogens is 298 g/mol. The minimum absolute atomic E-state index is 0.0271. The zero-order valence-corrected chi connectivity index (χ0v) is 12.9. The summed E-state index contributed by atoms with van der Waals surface area (Å²) in [6.45, 7) is 4.19. The van der Waals surface area contributed by atoms with E-state index in [4.69, 9.17) is 4.74 Å². The summed E-state index contributed by atoms with van der Waals surface area (Å²) in [4.78, 5) is 22.1. The molecule has 0 aliphatic carbocycles. The molecule has 0 saturated heterocycles. The summed E-state index contributed by atoms with van der Waals surface area (Å²) in [5, 5.41) is 20.4. The van der Waals surface area contributed by atoms with Crippen molar-refractivity contribution < 1.29 is 19.6 Å². The number of carbonyl (C=O) groups excluding carboxylic acids is 1. The molecule has 0 spiro atoms. The number of carbonyl (C=O) groups is 1. The third-order valence-corrected chi connectivity index (χ3v) is 3.43. The molecule has 6 heteroatoms. The number of nitro benzene ring substituents is 1.